The largest absolute Gasteiger partial charge is 0.365 e. The van der Waals surface area contributed by atoms with Crippen molar-refractivity contribution in [2.45, 2.75) is 46.3 Å². The van der Waals surface area contributed by atoms with Crippen molar-refractivity contribution in [3.63, 3.8) is 0 Å². The van der Waals surface area contributed by atoms with E-state index in [1.807, 2.05) is 0 Å². The van der Waals surface area contributed by atoms with Crippen LogP contribution in [-0.4, -0.2) is 12.2 Å². The van der Waals surface area contributed by atoms with Gasteiger partial charge in [-0.25, -0.2) is 0 Å². The number of rotatable bonds is 3. The maximum Gasteiger partial charge on any atom is 0.103 e. The molecule has 1 heterocycles. The number of hydrogen-bond donors (Lipinski definition) is 0. The van der Waals surface area contributed by atoms with Crippen LogP contribution in [0.2, 0.25) is 0 Å². The van der Waals surface area contributed by atoms with Gasteiger partial charge < -0.3 is 4.74 Å². The fraction of sp³-hybridized carbons (Fsp3) is 0.800. The topological polar surface area (TPSA) is 12.5 Å². The highest BCUT2D eigenvalue weighted by Crippen LogP contribution is 2.29. The number of ether oxygens (including phenoxy) is 1. The van der Waals surface area contributed by atoms with Gasteiger partial charge in [0.15, 0.2) is 0 Å². The predicted octanol–water partition coefficient (Wildman–Crippen LogP) is 2.77. The van der Waals surface area contributed by atoms with E-state index in [1.165, 1.54) is 12.0 Å². The van der Waals surface area contributed by atoms with Crippen molar-refractivity contribution in [3.8, 4) is 0 Å². The van der Waals surface area contributed by atoms with Crippen LogP contribution in [-0.2, 0) is 4.74 Å². The summed E-state index contributed by atoms with van der Waals surface area (Å²) in [6.45, 7) is 8.71. The molecular formula is C10H18O. The molecule has 2 unspecified atom stereocenters. The summed E-state index contributed by atoms with van der Waals surface area (Å²) in [5, 5.41) is 0. The molecule has 1 rings (SSSR count). The highest BCUT2D eigenvalue weighted by molar-refractivity contribution is 5.07. The zero-order valence-corrected chi connectivity index (χ0v) is 7.92. The highest BCUT2D eigenvalue weighted by atomic mass is 16.6. The fourth-order valence-corrected chi connectivity index (χ4v) is 1.29. The Morgan fingerprint density at radius 1 is 1.45 bits per heavy atom. The summed E-state index contributed by atoms with van der Waals surface area (Å²) in [6, 6.07) is 0. The van der Waals surface area contributed by atoms with Gasteiger partial charge in [0, 0.05) is 0 Å². The molecule has 64 valence electrons. The Labute approximate surface area is 69.4 Å². The Balaban J connectivity index is 2.22. The van der Waals surface area contributed by atoms with Crippen molar-refractivity contribution >= 4 is 0 Å². The Morgan fingerprint density at radius 3 is 2.55 bits per heavy atom. The molecule has 0 aromatic heterocycles. The zero-order valence-electron chi connectivity index (χ0n) is 7.92. The monoisotopic (exact) mass is 154 g/mol. The maximum absolute atomic E-state index is 5.46. The highest BCUT2D eigenvalue weighted by Gasteiger charge is 2.36. The summed E-state index contributed by atoms with van der Waals surface area (Å²) in [6.07, 6.45) is 4.37. The molecule has 0 amide bonds. The zero-order chi connectivity index (χ0) is 8.43. The summed E-state index contributed by atoms with van der Waals surface area (Å²) in [4.78, 5) is 0. The number of epoxide rings is 1. The van der Waals surface area contributed by atoms with Gasteiger partial charge >= 0.3 is 0 Å². The van der Waals surface area contributed by atoms with Gasteiger partial charge in [-0.1, -0.05) is 25.5 Å². The first-order chi connectivity index (χ1) is 5.09. The molecule has 0 spiro atoms. The van der Waals surface area contributed by atoms with Crippen molar-refractivity contribution < 1.29 is 4.74 Å². The van der Waals surface area contributed by atoms with Gasteiger partial charge in [-0.2, -0.15) is 0 Å². The Kier molecular flexibility index (Phi) is 2.72. The molecule has 1 aliphatic heterocycles. The molecule has 0 radical (unpaired) electrons. The second-order valence-electron chi connectivity index (χ2n) is 4.01. The summed E-state index contributed by atoms with van der Waals surface area (Å²) in [7, 11) is 0. The summed E-state index contributed by atoms with van der Waals surface area (Å²) in [5.74, 6) is 0.760. The lowest BCUT2D eigenvalue weighted by atomic mass is 10.1. The normalized spacial score (nSPS) is 28.8. The van der Waals surface area contributed by atoms with Gasteiger partial charge in [-0.05, 0) is 26.2 Å². The van der Waals surface area contributed by atoms with E-state index < -0.39 is 0 Å². The summed E-state index contributed by atoms with van der Waals surface area (Å²) >= 11 is 0. The first-order valence-electron chi connectivity index (χ1n) is 4.40. The first-order valence-corrected chi connectivity index (χ1v) is 4.40. The van der Waals surface area contributed by atoms with Crippen LogP contribution < -0.4 is 0 Å². The van der Waals surface area contributed by atoms with Crippen LogP contribution in [0, 0.1) is 5.92 Å². The van der Waals surface area contributed by atoms with E-state index in [9.17, 15) is 0 Å². The van der Waals surface area contributed by atoms with Crippen LogP contribution in [0.15, 0.2) is 11.6 Å². The van der Waals surface area contributed by atoms with E-state index in [2.05, 4.69) is 33.8 Å². The third kappa shape index (κ3) is 3.06. The minimum Gasteiger partial charge on any atom is -0.365 e. The third-order valence-corrected chi connectivity index (χ3v) is 1.82. The van der Waals surface area contributed by atoms with E-state index in [0.717, 1.165) is 5.92 Å². The van der Waals surface area contributed by atoms with E-state index in [-0.39, 0.29) is 0 Å². The summed E-state index contributed by atoms with van der Waals surface area (Å²) in [5.41, 5.74) is 1.36. The lowest BCUT2D eigenvalue weighted by Gasteiger charge is -1.97. The van der Waals surface area contributed by atoms with Crippen LogP contribution in [0.25, 0.3) is 0 Å². The SMILES string of the molecule is CC(C)=CC1OC1CC(C)C. The van der Waals surface area contributed by atoms with Gasteiger partial charge in [-0.3, -0.25) is 0 Å². The fourth-order valence-electron chi connectivity index (χ4n) is 1.29. The molecule has 0 aromatic carbocycles. The quantitative estimate of drug-likeness (QED) is 0.450. The predicted molar refractivity (Wildman–Crippen MR) is 47.5 cm³/mol. The Morgan fingerprint density at radius 2 is 2.09 bits per heavy atom. The minimum atomic E-state index is 0.433. The van der Waals surface area contributed by atoms with Gasteiger partial charge in [0.1, 0.15) is 6.10 Å². The van der Waals surface area contributed by atoms with Crippen molar-refractivity contribution in [1.29, 1.82) is 0 Å². The van der Waals surface area contributed by atoms with Crippen molar-refractivity contribution in [3.05, 3.63) is 11.6 Å². The number of allylic oxidation sites excluding steroid dienone is 1. The molecule has 1 nitrogen and oxygen atoms in total. The smallest absolute Gasteiger partial charge is 0.103 e. The molecule has 0 aliphatic carbocycles. The first kappa shape index (κ1) is 8.79. The Bertz CT molecular complexity index is 154. The van der Waals surface area contributed by atoms with Crippen LogP contribution in [0.4, 0.5) is 0 Å². The molecule has 1 heteroatoms. The second-order valence-corrected chi connectivity index (χ2v) is 4.01. The lowest BCUT2D eigenvalue weighted by molar-refractivity contribution is 0.358. The van der Waals surface area contributed by atoms with Crippen molar-refractivity contribution in [2.24, 2.45) is 5.92 Å². The van der Waals surface area contributed by atoms with Crippen LogP contribution in [0.5, 0.6) is 0 Å². The number of hydrogen-bond acceptors (Lipinski definition) is 1. The molecule has 0 saturated carbocycles. The average molecular weight is 154 g/mol. The molecule has 11 heavy (non-hydrogen) atoms. The van der Waals surface area contributed by atoms with E-state index in [0.29, 0.717) is 12.2 Å². The maximum atomic E-state index is 5.46. The second kappa shape index (κ2) is 3.40. The third-order valence-electron chi connectivity index (χ3n) is 1.82. The van der Waals surface area contributed by atoms with Crippen LogP contribution in [0.1, 0.15) is 34.1 Å². The minimum absolute atomic E-state index is 0.433. The van der Waals surface area contributed by atoms with Gasteiger partial charge in [-0.15, -0.1) is 0 Å². The van der Waals surface area contributed by atoms with Gasteiger partial charge in [0.2, 0.25) is 0 Å². The molecule has 1 saturated heterocycles. The standard InChI is InChI=1S/C10H18O/c1-7(2)5-9-10(11-9)6-8(3)4/h5,8-10H,6H2,1-4H3. The van der Waals surface area contributed by atoms with Crippen LogP contribution >= 0.6 is 0 Å². The molecule has 2 atom stereocenters. The summed E-state index contributed by atoms with van der Waals surface area (Å²) < 4.78 is 5.46. The molecular weight excluding hydrogens is 136 g/mol. The molecule has 1 fully saturated rings. The van der Waals surface area contributed by atoms with Gasteiger partial charge in [0.05, 0.1) is 6.10 Å². The van der Waals surface area contributed by atoms with E-state index >= 15 is 0 Å². The molecule has 1 aliphatic rings. The van der Waals surface area contributed by atoms with Crippen LogP contribution in [0.3, 0.4) is 0 Å². The average Bonchev–Trinajstić information content (AvgIpc) is 2.43. The van der Waals surface area contributed by atoms with Gasteiger partial charge in [0.25, 0.3) is 0 Å². The van der Waals surface area contributed by atoms with E-state index in [1.54, 1.807) is 0 Å². The Hall–Kier alpha value is -0.300. The van der Waals surface area contributed by atoms with Crippen molar-refractivity contribution in [2.75, 3.05) is 0 Å². The molecule has 0 N–H and O–H groups in total. The lowest BCUT2D eigenvalue weighted by Crippen LogP contribution is -1.97. The molecule has 0 aromatic rings. The van der Waals surface area contributed by atoms with Crippen molar-refractivity contribution in [1.82, 2.24) is 0 Å². The molecule has 0 bridgehead atoms. The van der Waals surface area contributed by atoms with E-state index in [4.69, 9.17) is 4.74 Å².